The molecule has 3 heterocycles. The molecule has 1 N–H and O–H groups in total. The Hall–Kier alpha value is -2.26. The van der Waals surface area contributed by atoms with E-state index >= 15 is 0 Å². The van der Waals surface area contributed by atoms with Crippen molar-refractivity contribution in [3.8, 4) is 0 Å². The lowest BCUT2D eigenvalue weighted by molar-refractivity contribution is -0.122. The molecule has 0 atom stereocenters. The summed E-state index contributed by atoms with van der Waals surface area (Å²) in [5.41, 5.74) is 4.58. The molecule has 0 saturated carbocycles. The van der Waals surface area contributed by atoms with Crippen molar-refractivity contribution in [1.82, 2.24) is 24.6 Å². The Morgan fingerprint density at radius 3 is 2.62 bits per heavy atom. The van der Waals surface area contributed by atoms with Gasteiger partial charge in [0.2, 0.25) is 0 Å². The number of nitrogens with zero attached hydrogens (tertiary/aromatic N) is 5. The van der Waals surface area contributed by atoms with E-state index in [9.17, 15) is 4.79 Å². The van der Waals surface area contributed by atoms with E-state index in [2.05, 4.69) is 21.9 Å². The fourth-order valence-electron chi connectivity index (χ4n) is 2.84. The van der Waals surface area contributed by atoms with Gasteiger partial charge in [-0.1, -0.05) is 0 Å². The molecule has 0 bridgehead atoms. The first-order valence-corrected chi connectivity index (χ1v) is 9.33. The lowest BCUT2D eigenvalue weighted by atomic mass is 10.3. The molecule has 1 aliphatic rings. The van der Waals surface area contributed by atoms with Gasteiger partial charge in [0.1, 0.15) is 0 Å². The van der Waals surface area contributed by atoms with Gasteiger partial charge in [0.25, 0.3) is 12.4 Å². The zero-order valence-corrected chi connectivity index (χ0v) is 16.2. The Morgan fingerprint density at radius 2 is 2.04 bits per heavy atom. The normalized spacial score (nSPS) is 15.1. The van der Waals surface area contributed by atoms with Gasteiger partial charge in [0.15, 0.2) is 5.69 Å². The van der Waals surface area contributed by atoms with Crippen LogP contribution < -0.4 is 0 Å². The number of carbonyl (C=O) groups is 2. The van der Waals surface area contributed by atoms with Crippen LogP contribution in [0.4, 0.5) is 0 Å². The van der Waals surface area contributed by atoms with Crippen LogP contribution in [0.15, 0.2) is 11.6 Å². The maximum Gasteiger partial charge on any atom is 0.290 e. The van der Waals surface area contributed by atoms with Crippen molar-refractivity contribution >= 4 is 23.7 Å². The first-order valence-electron chi connectivity index (χ1n) is 8.45. The minimum atomic E-state index is -0.250. The van der Waals surface area contributed by atoms with Crippen LogP contribution in [-0.2, 0) is 18.4 Å². The van der Waals surface area contributed by atoms with E-state index in [0.29, 0.717) is 5.69 Å². The van der Waals surface area contributed by atoms with Crippen LogP contribution in [0.2, 0.25) is 0 Å². The van der Waals surface area contributed by atoms with Crippen LogP contribution in [0.3, 0.4) is 0 Å². The maximum atomic E-state index is 12.6. The second-order valence-corrected chi connectivity index (χ2v) is 7.12. The fraction of sp³-hybridized carbons (Fsp3) is 0.529. The molecule has 2 aromatic rings. The Balaban J connectivity index is 0.000000758. The molecule has 26 heavy (non-hydrogen) atoms. The summed E-state index contributed by atoms with van der Waals surface area (Å²) < 4.78 is 1.75. The molecular formula is C17H25N5O3S. The third kappa shape index (κ3) is 5.12. The fourth-order valence-corrected chi connectivity index (χ4v) is 3.66. The summed E-state index contributed by atoms with van der Waals surface area (Å²) in [6.07, 6.45) is 0.995. The van der Waals surface area contributed by atoms with Gasteiger partial charge in [0, 0.05) is 50.3 Å². The molecule has 1 fully saturated rings. The predicted octanol–water partition coefficient (Wildman–Crippen LogP) is 1.54. The third-order valence-electron chi connectivity index (χ3n) is 4.42. The first kappa shape index (κ1) is 20.1. The molecule has 1 aliphatic heterocycles. The van der Waals surface area contributed by atoms with Crippen LogP contribution >= 0.6 is 11.3 Å². The Morgan fingerprint density at radius 1 is 1.31 bits per heavy atom. The second-order valence-electron chi connectivity index (χ2n) is 6.18. The van der Waals surface area contributed by atoms with Crippen molar-refractivity contribution in [2.75, 3.05) is 26.2 Å². The van der Waals surface area contributed by atoms with Crippen molar-refractivity contribution in [2.24, 2.45) is 7.05 Å². The van der Waals surface area contributed by atoms with Crippen molar-refractivity contribution in [1.29, 1.82) is 0 Å². The van der Waals surface area contributed by atoms with Crippen LogP contribution in [-0.4, -0.2) is 68.2 Å². The highest BCUT2D eigenvalue weighted by molar-refractivity contribution is 7.09. The van der Waals surface area contributed by atoms with Gasteiger partial charge < -0.3 is 10.0 Å². The van der Waals surface area contributed by atoms with E-state index in [0.717, 1.165) is 50.5 Å². The van der Waals surface area contributed by atoms with E-state index in [-0.39, 0.29) is 12.4 Å². The molecule has 0 aromatic carbocycles. The molecule has 2 aromatic heterocycles. The summed E-state index contributed by atoms with van der Waals surface area (Å²) in [6.45, 7) is 8.17. The highest BCUT2D eigenvalue weighted by Crippen LogP contribution is 2.17. The molecule has 1 amide bonds. The van der Waals surface area contributed by atoms with Gasteiger partial charge >= 0.3 is 0 Å². The Kier molecular flexibility index (Phi) is 7.28. The molecule has 9 heteroatoms. The number of thiazole rings is 1. The summed E-state index contributed by atoms with van der Waals surface area (Å²) in [7, 11) is 1.87. The van der Waals surface area contributed by atoms with Gasteiger partial charge in [-0.2, -0.15) is 5.10 Å². The molecule has 3 rings (SSSR count). The Bertz CT molecular complexity index is 723. The summed E-state index contributed by atoms with van der Waals surface area (Å²) in [4.78, 5) is 31.0. The minimum Gasteiger partial charge on any atom is -0.483 e. The quantitative estimate of drug-likeness (QED) is 0.814. The summed E-state index contributed by atoms with van der Waals surface area (Å²) in [5, 5.41) is 11.2. The smallest absolute Gasteiger partial charge is 0.290 e. The summed E-state index contributed by atoms with van der Waals surface area (Å²) >= 11 is 1.71. The average Bonchev–Trinajstić information content (AvgIpc) is 3.06. The standard InChI is InChI=1S/C16H23N5OS.CH2O2/c1-12-9-14(18-19(12)3)16(22)21-6-4-5-20(7-8-21)10-15-13(2)17-11-23-15;2-1-3/h9,11H,4-8,10H2,1-3H3;1H,(H,2,3). The van der Waals surface area contributed by atoms with Crippen LogP contribution in [0.25, 0.3) is 0 Å². The van der Waals surface area contributed by atoms with Gasteiger partial charge in [-0.15, -0.1) is 11.3 Å². The van der Waals surface area contributed by atoms with Crippen LogP contribution in [0.5, 0.6) is 0 Å². The van der Waals surface area contributed by atoms with Crippen LogP contribution in [0, 0.1) is 13.8 Å². The van der Waals surface area contributed by atoms with Crippen molar-refractivity contribution in [3.05, 3.63) is 33.5 Å². The summed E-state index contributed by atoms with van der Waals surface area (Å²) in [5.74, 6) is 0.0459. The monoisotopic (exact) mass is 379 g/mol. The Labute approximate surface area is 157 Å². The lowest BCUT2D eigenvalue weighted by Gasteiger charge is -2.21. The number of aromatic nitrogens is 3. The second kappa shape index (κ2) is 9.44. The van der Waals surface area contributed by atoms with Crippen molar-refractivity contribution in [3.63, 3.8) is 0 Å². The third-order valence-corrected chi connectivity index (χ3v) is 5.34. The van der Waals surface area contributed by atoms with E-state index in [4.69, 9.17) is 9.90 Å². The highest BCUT2D eigenvalue weighted by atomic mass is 32.1. The molecule has 0 unspecified atom stereocenters. The van der Waals surface area contributed by atoms with Crippen molar-refractivity contribution < 1.29 is 14.7 Å². The largest absolute Gasteiger partial charge is 0.483 e. The zero-order valence-electron chi connectivity index (χ0n) is 15.4. The molecule has 0 aliphatic carbocycles. The maximum absolute atomic E-state index is 12.6. The molecule has 1 saturated heterocycles. The lowest BCUT2D eigenvalue weighted by Crippen LogP contribution is -2.35. The molecule has 142 valence electrons. The first-order chi connectivity index (χ1) is 12.5. The molecule has 0 spiro atoms. The van der Waals surface area contributed by atoms with E-state index in [1.807, 2.05) is 30.4 Å². The number of carbonyl (C=O) groups excluding carboxylic acids is 1. The molecule has 8 nitrogen and oxygen atoms in total. The molecule has 0 radical (unpaired) electrons. The van der Waals surface area contributed by atoms with Crippen LogP contribution in [0.1, 0.15) is 33.2 Å². The highest BCUT2D eigenvalue weighted by Gasteiger charge is 2.22. The van der Waals surface area contributed by atoms with Gasteiger partial charge in [-0.05, 0) is 26.3 Å². The number of carboxylic acid groups (broad SMARTS) is 1. The number of amides is 1. The summed E-state index contributed by atoms with van der Waals surface area (Å²) in [6, 6.07) is 1.87. The number of hydrogen-bond donors (Lipinski definition) is 1. The van der Waals surface area contributed by atoms with E-state index in [1.54, 1.807) is 16.0 Å². The minimum absolute atomic E-state index is 0.0459. The predicted molar refractivity (Wildman–Crippen MR) is 99.3 cm³/mol. The number of rotatable bonds is 3. The van der Waals surface area contributed by atoms with Crippen molar-refractivity contribution in [2.45, 2.75) is 26.8 Å². The number of aryl methyl sites for hydroxylation is 3. The van der Waals surface area contributed by atoms with Gasteiger partial charge in [-0.3, -0.25) is 19.2 Å². The van der Waals surface area contributed by atoms with E-state index in [1.165, 1.54) is 4.88 Å². The SMILES string of the molecule is Cc1ncsc1CN1CCCN(C(=O)c2cc(C)n(C)n2)CC1.O=CO. The zero-order chi connectivity index (χ0) is 19.1. The van der Waals surface area contributed by atoms with E-state index < -0.39 is 0 Å². The average molecular weight is 379 g/mol. The topological polar surface area (TPSA) is 91.6 Å². The number of hydrogen-bond acceptors (Lipinski definition) is 6. The molecular weight excluding hydrogens is 354 g/mol. The van der Waals surface area contributed by atoms with Gasteiger partial charge in [0.05, 0.1) is 11.2 Å². The van der Waals surface area contributed by atoms with Gasteiger partial charge in [-0.25, -0.2) is 4.98 Å².